The minimum atomic E-state index is -4.39. The number of nitrogens with zero attached hydrogens (tertiary/aromatic N) is 1. The lowest BCUT2D eigenvalue weighted by atomic mass is 10.1. The van der Waals surface area contributed by atoms with Crippen LogP contribution in [0.3, 0.4) is 0 Å². The minimum Gasteiger partial charge on any atom is -0.362 e. The molecule has 3 N–H and O–H groups in total. The first-order valence-electron chi connectivity index (χ1n) is 6.91. The van der Waals surface area contributed by atoms with Crippen molar-refractivity contribution >= 4 is 35.1 Å². The number of halogens is 3. The van der Waals surface area contributed by atoms with Gasteiger partial charge < -0.3 is 10.6 Å². The van der Waals surface area contributed by atoms with Gasteiger partial charge in [-0.2, -0.15) is 18.3 Å². The Morgan fingerprint density at radius 2 is 2.17 bits per heavy atom. The van der Waals surface area contributed by atoms with Crippen molar-refractivity contribution in [2.75, 3.05) is 11.9 Å². The highest BCUT2D eigenvalue weighted by molar-refractivity contribution is 7.80. The van der Waals surface area contributed by atoms with Gasteiger partial charge in [-0.05, 0) is 43.3 Å². The highest BCUT2D eigenvalue weighted by Crippen LogP contribution is 2.30. The summed E-state index contributed by atoms with van der Waals surface area (Å²) in [6.07, 6.45) is -1.54. The lowest BCUT2D eigenvalue weighted by Gasteiger charge is -2.13. The number of amides is 1. The van der Waals surface area contributed by atoms with E-state index in [9.17, 15) is 18.0 Å². The van der Waals surface area contributed by atoms with Crippen LogP contribution in [-0.4, -0.2) is 23.8 Å². The summed E-state index contributed by atoms with van der Waals surface area (Å²) >= 11 is 5.03. The molecule has 0 saturated heterocycles. The topological polar surface area (TPSA) is 65.5 Å². The van der Waals surface area contributed by atoms with Crippen LogP contribution in [-0.2, 0) is 11.0 Å². The van der Waals surface area contributed by atoms with Crippen molar-refractivity contribution in [2.45, 2.75) is 19.0 Å². The van der Waals surface area contributed by atoms with Crippen molar-refractivity contribution in [3.8, 4) is 0 Å². The Hall–Kier alpha value is -2.16. The molecule has 0 aliphatic carbocycles. The van der Waals surface area contributed by atoms with E-state index in [0.29, 0.717) is 19.4 Å². The van der Waals surface area contributed by atoms with Crippen molar-refractivity contribution in [1.29, 1.82) is 0 Å². The maximum Gasteiger partial charge on any atom is 0.416 e. The van der Waals surface area contributed by atoms with Crippen LogP contribution in [0.25, 0.3) is 0 Å². The third kappa shape index (κ3) is 5.20. The molecule has 1 aliphatic heterocycles. The number of hydrazone groups is 1. The van der Waals surface area contributed by atoms with Gasteiger partial charge in [-0.15, -0.1) is 0 Å². The standard InChI is InChI=1S/C14H15F3N4OS/c15-14(16,17)10-4-1-5-11(7-10)20-13(23)18-6-2-3-9-8-19-21-12(9)22/h1,4-5,7-9H,2-3,6H2,(H,21,22)(H2,18,20,23)/t9-/m0/s1. The molecule has 0 radical (unpaired) electrons. The normalized spacial score (nSPS) is 17.0. The molecule has 0 fully saturated rings. The predicted octanol–water partition coefficient (Wildman–Crippen LogP) is 2.50. The van der Waals surface area contributed by atoms with Gasteiger partial charge in [0.1, 0.15) is 0 Å². The van der Waals surface area contributed by atoms with Crippen molar-refractivity contribution in [2.24, 2.45) is 11.0 Å². The van der Waals surface area contributed by atoms with E-state index >= 15 is 0 Å². The molecule has 1 atom stereocenters. The second-order valence-electron chi connectivity index (χ2n) is 4.96. The SMILES string of the molecule is O=C1NN=C[C@@H]1CCCNC(=S)Nc1cccc(C(F)(F)F)c1. The predicted molar refractivity (Wildman–Crippen MR) is 85.0 cm³/mol. The summed E-state index contributed by atoms with van der Waals surface area (Å²) in [6.45, 7) is 0.502. The second kappa shape index (κ2) is 7.40. The van der Waals surface area contributed by atoms with Crippen LogP contribution in [0.15, 0.2) is 29.4 Å². The average molecular weight is 344 g/mol. The van der Waals surface area contributed by atoms with Gasteiger partial charge in [-0.1, -0.05) is 6.07 Å². The Bertz CT molecular complexity index is 618. The summed E-state index contributed by atoms with van der Waals surface area (Å²) in [7, 11) is 0. The van der Waals surface area contributed by atoms with Gasteiger partial charge in [0.05, 0.1) is 11.5 Å². The number of anilines is 1. The number of benzene rings is 1. The van der Waals surface area contributed by atoms with E-state index in [2.05, 4.69) is 21.2 Å². The lowest BCUT2D eigenvalue weighted by molar-refractivity contribution is -0.137. The molecule has 0 spiro atoms. The molecule has 1 aromatic carbocycles. The summed E-state index contributed by atoms with van der Waals surface area (Å²) in [5.41, 5.74) is 1.87. The van der Waals surface area contributed by atoms with Crippen LogP contribution in [0, 0.1) is 5.92 Å². The lowest BCUT2D eigenvalue weighted by Crippen LogP contribution is -2.30. The van der Waals surface area contributed by atoms with Crippen LogP contribution < -0.4 is 16.1 Å². The van der Waals surface area contributed by atoms with Gasteiger partial charge in [-0.25, -0.2) is 5.43 Å². The summed E-state index contributed by atoms with van der Waals surface area (Å²) in [5.74, 6) is -0.364. The van der Waals surface area contributed by atoms with E-state index in [1.165, 1.54) is 12.1 Å². The highest BCUT2D eigenvalue weighted by atomic mass is 32.1. The van der Waals surface area contributed by atoms with Crippen LogP contribution in [0.2, 0.25) is 0 Å². The molecule has 1 heterocycles. The minimum absolute atomic E-state index is 0.130. The molecular weight excluding hydrogens is 329 g/mol. The summed E-state index contributed by atoms with van der Waals surface area (Å²) in [4.78, 5) is 11.3. The Labute approximate surface area is 136 Å². The summed E-state index contributed by atoms with van der Waals surface area (Å²) < 4.78 is 37.8. The number of carbonyl (C=O) groups excluding carboxylic acids is 1. The Morgan fingerprint density at radius 1 is 1.39 bits per heavy atom. The van der Waals surface area contributed by atoms with Crippen LogP contribution in [0.4, 0.5) is 18.9 Å². The molecule has 0 saturated carbocycles. The highest BCUT2D eigenvalue weighted by Gasteiger charge is 2.30. The van der Waals surface area contributed by atoms with Crippen LogP contribution in [0.5, 0.6) is 0 Å². The molecule has 1 aliphatic rings. The number of nitrogens with one attached hydrogen (secondary N) is 3. The Kier molecular flexibility index (Phi) is 5.54. The maximum absolute atomic E-state index is 12.6. The molecule has 124 valence electrons. The number of carbonyl (C=O) groups is 1. The van der Waals surface area contributed by atoms with Crippen molar-refractivity contribution in [1.82, 2.24) is 10.7 Å². The maximum atomic E-state index is 12.6. The van der Waals surface area contributed by atoms with Gasteiger partial charge in [0.25, 0.3) is 0 Å². The first-order chi connectivity index (χ1) is 10.9. The largest absolute Gasteiger partial charge is 0.416 e. The fraction of sp³-hybridized carbons (Fsp3) is 0.357. The van der Waals surface area contributed by atoms with Gasteiger partial charge in [0, 0.05) is 18.4 Å². The summed E-state index contributed by atoms with van der Waals surface area (Å²) in [6, 6.07) is 4.80. The number of alkyl halides is 3. The fourth-order valence-corrected chi connectivity index (χ4v) is 2.24. The number of thiocarbonyl (C=S) groups is 1. The van der Waals surface area contributed by atoms with Crippen LogP contribution >= 0.6 is 12.2 Å². The molecule has 0 aromatic heterocycles. The number of hydrogen-bond donors (Lipinski definition) is 3. The van der Waals surface area contributed by atoms with E-state index in [1.807, 2.05) is 0 Å². The zero-order chi connectivity index (χ0) is 16.9. The molecule has 1 amide bonds. The van der Waals surface area contributed by atoms with Crippen molar-refractivity contribution < 1.29 is 18.0 Å². The molecule has 9 heteroatoms. The van der Waals surface area contributed by atoms with E-state index in [0.717, 1.165) is 12.1 Å². The molecule has 1 aromatic rings. The monoisotopic (exact) mass is 344 g/mol. The van der Waals surface area contributed by atoms with Gasteiger partial charge in [0.2, 0.25) is 5.91 Å². The first kappa shape index (κ1) is 17.2. The van der Waals surface area contributed by atoms with Crippen molar-refractivity contribution in [3.63, 3.8) is 0 Å². The Morgan fingerprint density at radius 3 is 2.83 bits per heavy atom. The van der Waals surface area contributed by atoms with Gasteiger partial charge >= 0.3 is 6.18 Å². The third-order valence-electron chi connectivity index (χ3n) is 3.19. The fourth-order valence-electron chi connectivity index (χ4n) is 2.02. The van der Waals surface area contributed by atoms with E-state index < -0.39 is 11.7 Å². The molecular formula is C14H15F3N4OS. The molecule has 23 heavy (non-hydrogen) atoms. The molecule has 2 rings (SSSR count). The zero-order valence-electron chi connectivity index (χ0n) is 12.0. The first-order valence-corrected chi connectivity index (χ1v) is 7.32. The molecule has 5 nitrogen and oxygen atoms in total. The smallest absolute Gasteiger partial charge is 0.362 e. The quantitative estimate of drug-likeness (QED) is 0.567. The second-order valence-corrected chi connectivity index (χ2v) is 5.37. The number of hydrogen-bond acceptors (Lipinski definition) is 3. The Balaban J connectivity index is 1.74. The average Bonchev–Trinajstić information content (AvgIpc) is 2.88. The van der Waals surface area contributed by atoms with E-state index in [4.69, 9.17) is 12.2 Å². The summed E-state index contributed by atoms with van der Waals surface area (Å²) in [5, 5.41) is 9.50. The van der Waals surface area contributed by atoms with Crippen LogP contribution in [0.1, 0.15) is 18.4 Å². The number of rotatable bonds is 5. The zero-order valence-corrected chi connectivity index (χ0v) is 12.8. The third-order valence-corrected chi connectivity index (χ3v) is 3.44. The molecule has 0 bridgehead atoms. The van der Waals surface area contributed by atoms with E-state index in [-0.39, 0.29) is 22.6 Å². The molecule has 0 unspecified atom stereocenters. The van der Waals surface area contributed by atoms with Gasteiger partial charge in [0.15, 0.2) is 5.11 Å². The van der Waals surface area contributed by atoms with Crippen molar-refractivity contribution in [3.05, 3.63) is 29.8 Å². The van der Waals surface area contributed by atoms with Gasteiger partial charge in [-0.3, -0.25) is 4.79 Å². The van der Waals surface area contributed by atoms with E-state index in [1.54, 1.807) is 6.21 Å².